The van der Waals surface area contributed by atoms with E-state index in [1.54, 1.807) is 11.0 Å². The first kappa shape index (κ1) is 16.2. The third-order valence-electron chi connectivity index (χ3n) is 4.31. The van der Waals surface area contributed by atoms with Crippen LogP contribution in [0.25, 0.3) is 0 Å². The first-order valence-electron chi connectivity index (χ1n) is 8.21. The van der Waals surface area contributed by atoms with Crippen molar-refractivity contribution in [2.24, 2.45) is 0 Å². The lowest BCUT2D eigenvalue weighted by molar-refractivity contribution is -0.118. The summed E-state index contributed by atoms with van der Waals surface area (Å²) < 4.78 is 0. The Morgan fingerprint density at radius 3 is 2.42 bits per heavy atom. The number of nitrogens with one attached hydrogen (secondary N) is 1. The molecule has 1 heterocycles. The van der Waals surface area contributed by atoms with Gasteiger partial charge in [-0.1, -0.05) is 23.8 Å². The minimum Gasteiger partial charge on any atom is -0.340 e. The predicted molar refractivity (Wildman–Crippen MR) is 95.3 cm³/mol. The Labute approximate surface area is 142 Å². The molecule has 0 aliphatic carbocycles. The quantitative estimate of drug-likeness (QED) is 0.944. The number of carbonyl (C=O) groups excluding carboxylic acids is 2. The van der Waals surface area contributed by atoms with Crippen LogP contribution in [-0.2, 0) is 4.79 Å². The Bertz CT molecular complexity index is 778. The highest BCUT2D eigenvalue weighted by Gasteiger charge is 2.33. The van der Waals surface area contributed by atoms with Gasteiger partial charge in [-0.25, -0.2) is 0 Å². The van der Waals surface area contributed by atoms with Gasteiger partial charge in [-0.2, -0.15) is 0 Å². The van der Waals surface area contributed by atoms with E-state index in [2.05, 4.69) is 11.4 Å². The number of carbonyl (C=O) groups is 2. The van der Waals surface area contributed by atoms with Crippen LogP contribution >= 0.6 is 0 Å². The van der Waals surface area contributed by atoms with Gasteiger partial charge >= 0.3 is 0 Å². The van der Waals surface area contributed by atoms with Gasteiger partial charge in [-0.15, -0.1) is 0 Å². The molecule has 1 N–H and O–H groups in total. The molecule has 0 aromatic heterocycles. The summed E-state index contributed by atoms with van der Waals surface area (Å²) in [4.78, 5) is 26.8. The van der Waals surface area contributed by atoms with Crippen LogP contribution in [0, 0.1) is 20.8 Å². The number of hydrogen-bond acceptors (Lipinski definition) is 2. The van der Waals surface area contributed by atoms with Crippen LogP contribution in [0.15, 0.2) is 42.5 Å². The van der Waals surface area contributed by atoms with Crippen molar-refractivity contribution in [1.29, 1.82) is 0 Å². The third-order valence-corrected chi connectivity index (χ3v) is 4.31. The maximum atomic E-state index is 12.7. The van der Waals surface area contributed by atoms with Crippen LogP contribution in [0.2, 0.25) is 0 Å². The zero-order valence-corrected chi connectivity index (χ0v) is 14.3. The van der Waals surface area contributed by atoms with Crippen LogP contribution in [0.5, 0.6) is 0 Å². The summed E-state index contributed by atoms with van der Waals surface area (Å²) in [5, 5.41) is 2.87. The van der Waals surface area contributed by atoms with E-state index in [0.29, 0.717) is 18.5 Å². The highest BCUT2D eigenvalue weighted by molar-refractivity contribution is 6.04. The van der Waals surface area contributed by atoms with Gasteiger partial charge in [0.25, 0.3) is 5.91 Å². The fourth-order valence-electron chi connectivity index (χ4n) is 3.20. The summed E-state index contributed by atoms with van der Waals surface area (Å²) in [7, 11) is 0. The molecule has 1 unspecified atom stereocenters. The van der Waals surface area contributed by atoms with Gasteiger partial charge in [-0.3, -0.25) is 9.59 Å². The molecule has 1 aliphatic heterocycles. The lowest BCUT2D eigenvalue weighted by atomic mass is 10.1. The van der Waals surface area contributed by atoms with E-state index in [4.69, 9.17) is 0 Å². The molecule has 0 saturated carbocycles. The molecule has 1 atom stereocenters. The molecular formula is C20H22N2O2. The Hall–Kier alpha value is -2.62. The molecule has 1 saturated heterocycles. The number of anilines is 1. The molecule has 4 heteroatoms. The van der Waals surface area contributed by atoms with E-state index < -0.39 is 6.04 Å². The van der Waals surface area contributed by atoms with E-state index in [1.165, 1.54) is 0 Å². The molecule has 3 rings (SSSR count). The summed E-state index contributed by atoms with van der Waals surface area (Å²) in [6, 6.07) is 13.0. The molecule has 0 radical (unpaired) electrons. The molecule has 1 fully saturated rings. The van der Waals surface area contributed by atoms with E-state index in [1.807, 2.05) is 51.1 Å². The van der Waals surface area contributed by atoms with Gasteiger partial charge in [0.2, 0.25) is 5.91 Å². The Morgan fingerprint density at radius 1 is 1.04 bits per heavy atom. The number of rotatable bonds is 3. The van der Waals surface area contributed by atoms with E-state index >= 15 is 0 Å². The van der Waals surface area contributed by atoms with Crippen molar-refractivity contribution in [3.8, 4) is 0 Å². The molecule has 0 bridgehead atoms. The van der Waals surface area contributed by atoms with Crippen molar-refractivity contribution in [2.75, 3.05) is 11.4 Å². The highest BCUT2D eigenvalue weighted by atomic mass is 16.2. The van der Waals surface area contributed by atoms with E-state index in [-0.39, 0.29) is 11.8 Å². The number of aryl methyl sites for hydroxylation is 3. The van der Waals surface area contributed by atoms with Crippen molar-refractivity contribution < 1.29 is 9.59 Å². The molecule has 1 aliphatic rings. The van der Waals surface area contributed by atoms with Crippen LogP contribution in [0.1, 0.15) is 33.5 Å². The Kier molecular flexibility index (Phi) is 4.38. The SMILES string of the molecule is Cc1cccc(C(=O)NC2CCN(c3cc(C)cc(C)c3)C2=O)c1. The second kappa shape index (κ2) is 6.48. The second-order valence-electron chi connectivity index (χ2n) is 6.52. The average Bonchev–Trinajstić information content (AvgIpc) is 2.87. The maximum absolute atomic E-state index is 12.7. The molecule has 2 amide bonds. The fourth-order valence-corrected chi connectivity index (χ4v) is 3.20. The van der Waals surface area contributed by atoms with Gasteiger partial charge in [0, 0.05) is 17.8 Å². The van der Waals surface area contributed by atoms with Crippen molar-refractivity contribution in [3.63, 3.8) is 0 Å². The molecule has 2 aromatic carbocycles. The van der Waals surface area contributed by atoms with E-state index in [9.17, 15) is 9.59 Å². The minimum absolute atomic E-state index is 0.0407. The second-order valence-corrected chi connectivity index (χ2v) is 6.52. The third kappa shape index (κ3) is 3.32. The monoisotopic (exact) mass is 322 g/mol. The summed E-state index contributed by atoms with van der Waals surface area (Å²) in [5.41, 5.74) is 4.78. The van der Waals surface area contributed by atoms with Crippen LogP contribution in [0.3, 0.4) is 0 Å². The molecule has 124 valence electrons. The molecule has 0 spiro atoms. The number of amides is 2. The standard InChI is InChI=1S/C20H22N2O2/c1-13-5-4-6-16(10-13)19(23)21-18-7-8-22(20(18)24)17-11-14(2)9-15(3)12-17/h4-6,9-12,18H,7-8H2,1-3H3,(H,21,23). The number of hydrogen-bond donors (Lipinski definition) is 1. The maximum Gasteiger partial charge on any atom is 0.251 e. The van der Waals surface area contributed by atoms with E-state index in [0.717, 1.165) is 22.4 Å². The van der Waals surface area contributed by atoms with Crippen molar-refractivity contribution >= 4 is 17.5 Å². The Morgan fingerprint density at radius 2 is 1.75 bits per heavy atom. The van der Waals surface area contributed by atoms with Gasteiger partial charge in [-0.05, 0) is 62.6 Å². The van der Waals surface area contributed by atoms with Crippen molar-refractivity contribution in [3.05, 3.63) is 64.7 Å². The molecule has 24 heavy (non-hydrogen) atoms. The fraction of sp³-hybridized carbons (Fsp3) is 0.300. The first-order valence-corrected chi connectivity index (χ1v) is 8.21. The highest BCUT2D eigenvalue weighted by Crippen LogP contribution is 2.24. The number of benzene rings is 2. The van der Waals surface area contributed by atoms with Crippen molar-refractivity contribution in [2.45, 2.75) is 33.2 Å². The van der Waals surface area contributed by atoms with Gasteiger partial charge in [0.05, 0.1) is 0 Å². The summed E-state index contributed by atoms with van der Waals surface area (Å²) in [6.45, 7) is 6.61. The lowest BCUT2D eigenvalue weighted by Crippen LogP contribution is -2.41. The summed E-state index contributed by atoms with van der Waals surface area (Å²) >= 11 is 0. The van der Waals surface area contributed by atoms with Crippen LogP contribution < -0.4 is 10.2 Å². The summed E-state index contributed by atoms with van der Waals surface area (Å²) in [5.74, 6) is -0.236. The van der Waals surface area contributed by atoms with Gasteiger partial charge in [0.15, 0.2) is 0 Å². The first-order chi connectivity index (χ1) is 11.4. The number of nitrogens with zero attached hydrogens (tertiary/aromatic N) is 1. The van der Waals surface area contributed by atoms with Gasteiger partial charge < -0.3 is 10.2 Å². The predicted octanol–water partition coefficient (Wildman–Crippen LogP) is 3.15. The minimum atomic E-state index is -0.459. The van der Waals surface area contributed by atoms with Crippen LogP contribution in [-0.4, -0.2) is 24.4 Å². The van der Waals surface area contributed by atoms with Crippen molar-refractivity contribution in [1.82, 2.24) is 5.32 Å². The smallest absolute Gasteiger partial charge is 0.251 e. The molecule has 2 aromatic rings. The normalized spacial score (nSPS) is 17.2. The molecule has 4 nitrogen and oxygen atoms in total. The lowest BCUT2D eigenvalue weighted by Gasteiger charge is -2.18. The Balaban J connectivity index is 1.73. The topological polar surface area (TPSA) is 49.4 Å². The average molecular weight is 322 g/mol. The zero-order chi connectivity index (χ0) is 17.3. The van der Waals surface area contributed by atoms with Crippen LogP contribution in [0.4, 0.5) is 5.69 Å². The summed E-state index contributed by atoms with van der Waals surface area (Å²) in [6.07, 6.45) is 0.628. The zero-order valence-electron chi connectivity index (χ0n) is 14.3. The largest absolute Gasteiger partial charge is 0.340 e. The molecular weight excluding hydrogens is 300 g/mol. The van der Waals surface area contributed by atoms with Gasteiger partial charge in [0.1, 0.15) is 6.04 Å².